The molecule has 0 amide bonds. The van der Waals surface area contributed by atoms with Crippen LogP contribution in [0.2, 0.25) is 0 Å². The Kier molecular flexibility index (Phi) is 4.51. The number of methoxy groups -OCH3 is 2. The molecular weight excluding hydrogens is 280 g/mol. The minimum Gasteiger partial charge on any atom is -0.493 e. The van der Waals surface area contributed by atoms with Crippen LogP contribution in [0.15, 0.2) is 48.2 Å². The first kappa shape index (κ1) is 15.6. The summed E-state index contributed by atoms with van der Waals surface area (Å²) in [4.78, 5) is 12.2. The molecule has 0 unspecified atom stereocenters. The predicted molar refractivity (Wildman–Crippen MR) is 85.7 cm³/mol. The number of hydrogen-bond acceptors (Lipinski definition) is 4. The van der Waals surface area contributed by atoms with E-state index in [1.54, 1.807) is 44.6 Å². The quantitative estimate of drug-likeness (QED) is 0.805. The van der Waals surface area contributed by atoms with Crippen molar-refractivity contribution < 1.29 is 19.0 Å². The second-order valence-electron chi connectivity index (χ2n) is 4.55. The molecule has 0 saturated carbocycles. The molecule has 114 valence electrons. The third kappa shape index (κ3) is 2.68. The van der Waals surface area contributed by atoms with Gasteiger partial charge in [0, 0.05) is 0 Å². The molecule has 0 radical (unpaired) electrons. The standard InChI is InChI=1S/C17H14O4.CH4/c1-19-14-8-7-11(9-15(14)20-2)10-16-17(18)12-5-3-4-6-13(12)21-16;/h3-10H,1-2H3;1H4/b16-10-;. The molecule has 0 atom stereocenters. The van der Waals surface area contributed by atoms with Crippen molar-refractivity contribution >= 4 is 11.9 Å². The summed E-state index contributed by atoms with van der Waals surface area (Å²) in [5.74, 6) is 2.04. The molecule has 4 heteroatoms. The number of benzene rings is 2. The summed E-state index contributed by atoms with van der Waals surface area (Å²) >= 11 is 0. The maximum absolute atomic E-state index is 12.2. The monoisotopic (exact) mass is 298 g/mol. The van der Waals surface area contributed by atoms with Crippen LogP contribution in [0.5, 0.6) is 17.2 Å². The zero-order valence-corrected chi connectivity index (χ0v) is 11.8. The molecule has 2 aromatic carbocycles. The van der Waals surface area contributed by atoms with Gasteiger partial charge in [-0.05, 0) is 35.9 Å². The molecular formula is C18H18O4. The third-order valence-corrected chi connectivity index (χ3v) is 3.28. The van der Waals surface area contributed by atoms with Crippen LogP contribution in [0, 0.1) is 0 Å². The Hall–Kier alpha value is -2.75. The van der Waals surface area contributed by atoms with Gasteiger partial charge in [-0.15, -0.1) is 0 Å². The van der Waals surface area contributed by atoms with Crippen molar-refractivity contribution in [2.45, 2.75) is 7.43 Å². The Morgan fingerprint density at radius 2 is 1.73 bits per heavy atom. The molecule has 22 heavy (non-hydrogen) atoms. The average Bonchev–Trinajstić information content (AvgIpc) is 2.84. The fraction of sp³-hybridized carbons (Fsp3) is 0.167. The van der Waals surface area contributed by atoms with E-state index in [1.807, 2.05) is 18.2 Å². The second kappa shape index (κ2) is 6.35. The number of Topliss-reactive ketones (excluding diaryl/α,β-unsaturated/α-hetero) is 1. The molecule has 0 aromatic heterocycles. The third-order valence-electron chi connectivity index (χ3n) is 3.28. The van der Waals surface area contributed by atoms with E-state index in [0.29, 0.717) is 28.6 Å². The van der Waals surface area contributed by atoms with Gasteiger partial charge in [-0.25, -0.2) is 0 Å². The summed E-state index contributed by atoms with van der Waals surface area (Å²) in [6.45, 7) is 0. The zero-order valence-electron chi connectivity index (χ0n) is 11.8. The lowest BCUT2D eigenvalue weighted by atomic mass is 10.1. The van der Waals surface area contributed by atoms with Crippen molar-refractivity contribution in [2.24, 2.45) is 0 Å². The number of carbonyl (C=O) groups is 1. The molecule has 0 bridgehead atoms. The number of ketones is 1. The summed E-state index contributed by atoms with van der Waals surface area (Å²) in [6.07, 6.45) is 1.70. The van der Waals surface area contributed by atoms with Crippen LogP contribution >= 0.6 is 0 Å². The molecule has 0 fully saturated rings. The summed E-state index contributed by atoms with van der Waals surface area (Å²) in [6, 6.07) is 12.6. The lowest BCUT2D eigenvalue weighted by Crippen LogP contribution is -1.98. The predicted octanol–water partition coefficient (Wildman–Crippen LogP) is 3.96. The highest BCUT2D eigenvalue weighted by Crippen LogP contribution is 2.33. The van der Waals surface area contributed by atoms with Gasteiger partial charge in [0.1, 0.15) is 5.75 Å². The number of fused-ring (bicyclic) bond motifs is 1. The molecule has 4 nitrogen and oxygen atoms in total. The van der Waals surface area contributed by atoms with Gasteiger partial charge in [0.05, 0.1) is 19.8 Å². The second-order valence-corrected chi connectivity index (χ2v) is 4.55. The highest BCUT2D eigenvalue weighted by molar-refractivity contribution is 6.14. The fourth-order valence-corrected chi connectivity index (χ4v) is 2.23. The van der Waals surface area contributed by atoms with Gasteiger partial charge >= 0.3 is 0 Å². The van der Waals surface area contributed by atoms with Crippen LogP contribution in [0.25, 0.3) is 6.08 Å². The van der Waals surface area contributed by atoms with Crippen LogP contribution < -0.4 is 14.2 Å². The van der Waals surface area contributed by atoms with E-state index in [9.17, 15) is 4.79 Å². The maximum Gasteiger partial charge on any atom is 0.231 e. The van der Waals surface area contributed by atoms with E-state index in [-0.39, 0.29) is 13.2 Å². The van der Waals surface area contributed by atoms with Crippen LogP contribution in [0.1, 0.15) is 23.3 Å². The molecule has 1 aliphatic heterocycles. The molecule has 0 aliphatic carbocycles. The van der Waals surface area contributed by atoms with Crippen LogP contribution in [0.4, 0.5) is 0 Å². The summed E-state index contributed by atoms with van der Waals surface area (Å²) in [7, 11) is 3.15. The summed E-state index contributed by atoms with van der Waals surface area (Å²) < 4.78 is 16.0. The van der Waals surface area contributed by atoms with Gasteiger partial charge in [0.2, 0.25) is 5.78 Å². The first-order chi connectivity index (χ1) is 10.2. The van der Waals surface area contributed by atoms with E-state index >= 15 is 0 Å². The molecule has 1 heterocycles. The van der Waals surface area contributed by atoms with Gasteiger partial charge in [-0.2, -0.15) is 0 Å². The van der Waals surface area contributed by atoms with Crippen LogP contribution in [-0.4, -0.2) is 20.0 Å². The van der Waals surface area contributed by atoms with E-state index < -0.39 is 0 Å². The Bertz CT molecular complexity index is 732. The van der Waals surface area contributed by atoms with Crippen molar-refractivity contribution in [1.82, 2.24) is 0 Å². The average molecular weight is 298 g/mol. The highest BCUT2D eigenvalue weighted by atomic mass is 16.5. The lowest BCUT2D eigenvalue weighted by molar-refractivity contribution is 0.101. The first-order valence-electron chi connectivity index (χ1n) is 6.48. The van der Waals surface area contributed by atoms with Gasteiger partial charge in [-0.1, -0.05) is 25.6 Å². The van der Waals surface area contributed by atoms with Gasteiger partial charge < -0.3 is 14.2 Å². The highest BCUT2D eigenvalue weighted by Gasteiger charge is 2.26. The largest absolute Gasteiger partial charge is 0.493 e. The first-order valence-corrected chi connectivity index (χ1v) is 6.48. The van der Waals surface area contributed by atoms with Crippen LogP contribution in [-0.2, 0) is 0 Å². The number of rotatable bonds is 3. The van der Waals surface area contributed by atoms with Gasteiger partial charge in [0.15, 0.2) is 17.3 Å². The van der Waals surface area contributed by atoms with Gasteiger partial charge in [0.25, 0.3) is 0 Å². The van der Waals surface area contributed by atoms with Crippen molar-refractivity contribution in [3.05, 3.63) is 59.4 Å². The van der Waals surface area contributed by atoms with Crippen LogP contribution in [0.3, 0.4) is 0 Å². The smallest absolute Gasteiger partial charge is 0.231 e. The lowest BCUT2D eigenvalue weighted by Gasteiger charge is -2.08. The number of hydrogen-bond donors (Lipinski definition) is 0. The van der Waals surface area contributed by atoms with E-state index in [1.165, 1.54) is 0 Å². The van der Waals surface area contributed by atoms with E-state index in [4.69, 9.17) is 14.2 Å². The Morgan fingerprint density at radius 1 is 1.00 bits per heavy atom. The van der Waals surface area contributed by atoms with Gasteiger partial charge in [-0.3, -0.25) is 4.79 Å². The van der Waals surface area contributed by atoms with E-state index in [2.05, 4.69) is 0 Å². The molecule has 3 rings (SSSR count). The number of ether oxygens (including phenoxy) is 3. The molecule has 0 saturated heterocycles. The Morgan fingerprint density at radius 3 is 2.41 bits per heavy atom. The number of allylic oxidation sites excluding steroid dienone is 1. The minimum absolute atomic E-state index is 0. The molecule has 1 aliphatic rings. The Labute approximate surface area is 129 Å². The SMILES string of the molecule is C.COc1ccc(/C=C2\Oc3ccccc3C2=O)cc1OC. The van der Waals surface area contributed by atoms with Crippen molar-refractivity contribution in [2.75, 3.05) is 14.2 Å². The molecule has 0 spiro atoms. The van der Waals surface area contributed by atoms with Crippen molar-refractivity contribution in [3.63, 3.8) is 0 Å². The van der Waals surface area contributed by atoms with E-state index in [0.717, 1.165) is 5.56 Å². The Balaban J connectivity index is 0.00000176. The molecule has 0 N–H and O–H groups in total. The molecule has 2 aromatic rings. The normalized spacial score (nSPS) is 14.1. The minimum atomic E-state index is -0.111. The number of para-hydroxylation sites is 1. The summed E-state index contributed by atoms with van der Waals surface area (Å²) in [5.41, 5.74) is 1.40. The van der Waals surface area contributed by atoms with Crippen molar-refractivity contribution in [1.29, 1.82) is 0 Å². The zero-order chi connectivity index (χ0) is 14.8. The van der Waals surface area contributed by atoms with Crippen molar-refractivity contribution in [3.8, 4) is 17.2 Å². The number of carbonyl (C=O) groups excluding carboxylic acids is 1. The topological polar surface area (TPSA) is 44.8 Å². The fourth-order valence-electron chi connectivity index (χ4n) is 2.23. The summed E-state index contributed by atoms with van der Waals surface area (Å²) in [5, 5.41) is 0. The maximum atomic E-state index is 12.2.